The third-order valence-corrected chi connectivity index (χ3v) is 7.28. The zero-order chi connectivity index (χ0) is 33.4. The maximum Gasteiger partial charge on any atom is 0.415 e. The number of aromatic nitrogens is 2. The topological polar surface area (TPSA) is 150 Å². The molecule has 13 heteroatoms. The molecule has 3 aromatic rings. The summed E-state index contributed by atoms with van der Waals surface area (Å²) in [6, 6.07) is 5.36. The van der Waals surface area contributed by atoms with Crippen molar-refractivity contribution in [1.29, 1.82) is 0 Å². The minimum atomic E-state index is -0.723. The van der Waals surface area contributed by atoms with Crippen LogP contribution in [0.15, 0.2) is 30.6 Å². The van der Waals surface area contributed by atoms with Crippen molar-refractivity contribution in [3.05, 3.63) is 36.2 Å². The van der Waals surface area contributed by atoms with Crippen molar-refractivity contribution >= 4 is 46.2 Å². The van der Waals surface area contributed by atoms with E-state index in [4.69, 9.17) is 23.7 Å². The van der Waals surface area contributed by atoms with Crippen LogP contribution in [0.2, 0.25) is 0 Å². The van der Waals surface area contributed by atoms with Crippen LogP contribution in [-0.2, 0) is 18.9 Å². The summed E-state index contributed by atoms with van der Waals surface area (Å²) in [5.41, 5.74) is 1.61. The Hall–Kier alpha value is -4.65. The predicted molar refractivity (Wildman–Crippen MR) is 173 cm³/mol. The number of nitrogens with one attached hydrogen (secondary N) is 2. The Balaban J connectivity index is 1.55. The highest BCUT2D eigenvalue weighted by molar-refractivity contribution is 6.04. The van der Waals surface area contributed by atoms with Crippen LogP contribution >= 0.6 is 0 Å². The van der Waals surface area contributed by atoms with Crippen molar-refractivity contribution in [2.24, 2.45) is 5.92 Å². The van der Waals surface area contributed by atoms with Gasteiger partial charge in [0.2, 0.25) is 5.88 Å². The lowest BCUT2D eigenvalue weighted by molar-refractivity contribution is 0.0564. The molecule has 46 heavy (non-hydrogen) atoms. The number of anilines is 3. The molecule has 5 rings (SSSR count). The number of nitrogens with zero attached hydrogens (tertiary/aromatic N) is 3. The smallest absolute Gasteiger partial charge is 0.415 e. The number of hydrogen-bond donors (Lipinski definition) is 2. The molecule has 13 nitrogen and oxygen atoms in total. The molecule has 0 radical (unpaired) electrons. The monoisotopic (exact) mass is 635 g/mol. The van der Waals surface area contributed by atoms with Crippen LogP contribution in [0.3, 0.4) is 0 Å². The molecule has 2 atom stereocenters. The van der Waals surface area contributed by atoms with E-state index >= 15 is 0 Å². The van der Waals surface area contributed by atoms with E-state index in [1.807, 2.05) is 40.7 Å². The van der Waals surface area contributed by atoms with E-state index in [1.165, 1.54) is 4.90 Å². The van der Waals surface area contributed by atoms with Crippen molar-refractivity contribution in [2.45, 2.75) is 72.7 Å². The fourth-order valence-corrected chi connectivity index (χ4v) is 5.19. The Kier molecular flexibility index (Phi) is 8.98. The van der Waals surface area contributed by atoms with Crippen LogP contribution in [0.1, 0.15) is 54.0 Å². The van der Waals surface area contributed by atoms with E-state index in [9.17, 15) is 14.4 Å². The Morgan fingerprint density at radius 3 is 2.35 bits per heavy atom. The molecule has 2 aromatic heterocycles. The SMILES string of the molecule is Cc1c(-c2cc(NC(=O)OC(C)(C)C)c3cnc(NC(=O)O[C@@H]4COC[C@H]4C)cc3c2)cnc2c1N(C(=O)OC(C)(C)C)CCO2. The van der Waals surface area contributed by atoms with E-state index < -0.39 is 29.5 Å². The first-order chi connectivity index (χ1) is 21.6. The van der Waals surface area contributed by atoms with Crippen molar-refractivity contribution in [2.75, 3.05) is 41.9 Å². The molecule has 0 saturated carbocycles. The summed E-state index contributed by atoms with van der Waals surface area (Å²) >= 11 is 0. The Bertz CT molecular complexity index is 1660. The summed E-state index contributed by atoms with van der Waals surface area (Å²) < 4.78 is 27.9. The van der Waals surface area contributed by atoms with Gasteiger partial charge in [-0.25, -0.2) is 24.4 Å². The van der Waals surface area contributed by atoms with Crippen molar-refractivity contribution in [3.8, 4) is 17.0 Å². The van der Waals surface area contributed by atoms with E-state index in [0.29, 0.717) is 58.9 Å². The lowest BCUT2D eigenvalue weighted by Crippen LogP contribution is -2.42. The summed E-state index contributed by atoms with van der Waals surface area (Å²) in [7, 11) is 0. The number of benzene rings is 1. The quantitative estimate of drug-likeness (QED) is 0.298. The zero-order valence-electron chi connectivity index (χ0n) is 27.5. The fraction of sp³-hybridized carbons (Fsp3) is 0.485. The van der Waals surface area contributed by atoms with Gasteiger partial charge in [-0.05, 0) is 83.2 Å². The number of fused-ring (bicyclic) bond motifs is 2. The molecule has 0 bridgehead atoms. The van der Waals surface area contributed by atoms with Gasteiger partial charge in [0, 0.05) is 29.3 Å². The second kappa shape index (κ2) is 12.6. The average molecular weight is 636 g/mol. The molecule has 1 fully saturated rings. The van der Waals surface area contributed by atoms with E-state index in [-0.39, 0.29) is 24.4 Å². The second-order valence-electron chi connectivity index (χ2n) is 13.5. The van der Waals surface area contributed by atoms with Gasteiger partial charge in [-0.15, -0.1) is 0 Å². The molecule has 3 amide bonds. The number of pyridine rings is 2. The van der Waals surface area contributed by atoms with E-state index in [2.05, 4.69) is 20.6 Å². The number of ether oxygens (including phenoxy) is 5. The highest BCUT2D eigenvalue weighted by Gasteiger charge is 2.32. The minimum Gasteiger partial charge on any atom is -0.474 e. The molecule has 2 N–H and O–H groups in total. The van der Waals surface area contributed by atoms with Gasteiger partial charge in [-0.2, -0.15) is 0 Å². The summed E-state index contributed by atoms with van der Waals surface area (Å²) in [6.45, 7) is 16.0. The minimum absolute atomic E-state index is 0.0875. The van der Waals surface area contributed by atoms with Gasteiger partial charge in [-0.1, -0.05) is 6.92 Å². The second-order valence-corrected chi connectivity index (χ2v) is 13.5. The van der Waals surface area contributed by atoms with Crippen LogP contribution in [0.25, 0.3) is 21.9 Å². The van der Waals surface area contributed by atoms with Gasteiger partial charge in [0.1, 0.15) is 35.4 Å². The van der Waals surface area contributed by atoms with Crippen LogP contribution in [-0.4, -0.2) is 71.9 Å². The standard InChI is InChI=1S/C33H41N5O8/c1-18-16-42-17-25(18)44-29(39)37-26-13-21-11-20(12-24(23(21)15-34-26)36-30(40)45-32(3,4)5)22-14-35-28-27(19(22)2)38(9-10-43-28)31(41)46-33(6,7)8/h11-15,18,25H,9-10,16-17H2,1-8H3,(H,36,40)(H,34,37,39)/t18-,25-/m1/s1. The van der Waals surface area contributed by atoms with Gasteiger partial charge in [0.05, 0.1) is 25.4 Å². The lowest BCUT2D eigenvalue weighted by Gasteiger charge is -2.32. The zero-order valence-corrected chi connectivity index (χ0v) is 27.5. The molecule has 0 spiro atoms. The van der Waals surface area contributed by atoms with E-state index in [1.54, 1.807) is 45.3 Å². The molecule has 0 aliphatic carbocycles. The molecular formula is C33H41N5O8. The van der Waals surface area contributed by atoms with Crippen LogP contribution in [0.5, 0.6) is 5.88 Å². The highest BCUT2D eigenvalue weighted by atomic mass is 16.6. The summed E-state index contributed by atoms with van der Waals surface area (Å²) in [6.07, 6.45) is 1.08. The third kappa shape index (κ3) is 7.58. The normalized spacial score (nSPS) is 18.0. The average Bonchev–Trinajstić information content (AvgIpc) is 3.34. The maximum atomic E-state index is 13.2. The molecule has 1 aromatic carbocycles. The molecule has 246 valence electrons. The fourth-order valence-electron chi connectivity index (χ4n) is 5.19. The van der Waals surface area contributed by atoms with Gasteiger partial charge < -0.3 is 23.7 Å². The molecule has 2 aliphatic heterocycles. The molecule has 4 heterocycles. The number of carbonyl (C=O) groups excluding carboxylic acids is 3. The highest BCUT2D eigenvalue weighted by Crippen LogP contribution is 2.41. The Morgan fingerprint density at radius 2 is 1.67 bits per heavy atom. The van der Waals surface area contributed by atoms with Gasteiger partial charge in [0.15, 0.2) is 0 Å². The van der Waals surface area contributed by atoms with Crippen molar-refractivity contribution < 1.29 is 38.1 Å². The Labute approximate surface area is 267 Å². The molecular weight excluding hydrogens is 594 g/mol. The number of rotatable bonds is 4. The maximum absolute atomic E-state index is 13.2. The van der Waals surface area contributed by atoms with Gasteiger partial charge >= 0.3 is 18.3 Å². The first kappa shape index (κ1) is 32.7. The van der Waals surface area contributed by atoms with Crippen molar-refractivity contribution in [1.82, 2.24) is 9.97 Å². The Morgan fingerprint density at radius 1 is 0.935 bits per heavy atom. The number of amides is 3. The van der Waals surface area contributed by atoms with Crippen LogP contribution < -0.4 is 20.3 Å². The molecule has 0 unspecified atom stereocenters. The summed E-state index contributed by atoms with van der Waals surface area (Å²) in [5.74, 6) is 0.668. The van der Waals surface area contributed by atoms with Crippen molar-refractivity contribution in [3.63, 3.8) is 0 Å². The lowest BCUT2D eigenvalue weighted by atomic mass is 9.97. The molecule has 2 aliphatic rings. The predicted octanol–water partition coefficient (Wildman–Crippen LogP) is 6.67. The summed E-state index contributed by atoms with van der Waals surface area (Å²) in [4.78, 5) is 49.2. The summed E-state index contributed by atoms with van der Waals surface area (Å²) in [5, 5.41) is 6.80. The number of carbonyl (C=O) groups is 3. The number of hydrogen-bond acceptors (Lipinski definition) is 10. The first-order valence-electron chi connectivity index (χ1n) is 15.2. The largest absolute Gasteiger partial charge is 0.474 e. The molecule has 1 saturated heterocycles. The van der Waals surface area contributed by atoms with Gasteiger partial charge in [0.25, 0.3) is 0 Å². The van der Waals surface area contributed by atoms with E-state index in [0.717, 1.165) is 5.56 Å². The first-order valence-corrected chi connectivity index (χ1v) is 15.2. The van der Waals surface area contributed by atoms with Crippen LogP contribution in [0.4, 0.5) is 31.6 Å². The van der Waals surface area contributed by atoms with Gasteiger partial charge in [-0.3, -0.25) is 15.5 Å². The van der Waals surface area contributed by atoms with Crippen LogP contribution in [0, 0.1) is 12.8 Å². The third-order valence-electron chi connectivity index (χ3n) is 7.28.